The van der Waals surface area contributed by atoms with E-state index in [0.29, 0.717) is 17.1 Å². The number of H-pyrrole nitrogens is 1. The minimum Gasteiger partial charge on any atom is -0.484 e. The van der Waals surface area contributed by atoms with Crippen molar-refractivity contribution in [2.45, 2.75) is 26.2 Å². The zero-order valence-electron chi connectivity index (χ0n) is 15.6. The van der Waals surface area contributed by atoms with E-state index in [0.717, 1.165) is 31.5 Å². The summed E-state index contributed by atoms with van der Waals surface area (Å²) in [7, 11) is 0. The van der Waals surface area contributed by atoms with Crippen LogP contribution in [0.4, 0.5) is 5.69 Å². The number of piperidine rings is 1. The summed E-state index contributed by atoms with van der Waals surface area (Å²) in [5, 5.41) is 10.1. The highest BCUT2D eigenvalue weighted by atomic mass is 35.5. The molecule has 2 aromatic rings. The Morgan fingerprint density at radius 2 is 2.00 bits per heavy atom. The number of hydrazone groups is 1. The van der Waals surface area contributed by atoms with Gasteiger partial charge in [0.05, 0.1) is 11.9 Å². The quantitative estimate of drug-likeness (QED) is 0.570. The highest BCUT2D eigenvalue weighted by molar-refractivity contribution is 6.32. The van der Waals surface area contributed by atoms with E-state index >= 15 is 0 Å². The molecular formula is C19H22ClN5O3. The van der Waals surface area contributed by atoms with Crippen LogP contribution in [0.5, 0.6) is 5.75 Å². The van der Waals surface area contributed by atoms with E-state index in [2.05, 4.69) is 20.7 Å². The number of aromatic nitrogens is 2. The third-order valence-corrected chi connectivity index (χ3v) is 4.86. The van der Waals surface area contributed by atoms with Crippen LogP contribution in [0.3, 0.4) is 0 Å². The minimum absolute atomic E-state index is 0.00586. The van der Waals surface area contributed by atoms with Crippen molar-refractivity contribution in [1.29, 1.82) is 0 Å². The van der Waals surface area contributed by atoms with Gasteiger partial charge in [0.25, 0.3) is 11.5 Å². The zero-order valence-corrected chi connectivity index (χ0v) is 16.3. The largest absolute Gasteiger partial charge is 0.484 e. The molecule has 2 heterocycles. The summed E-state index contributed by atoms with van der Waals surface area (Å²) in [5.41, 5.74) is 4.11. The predicted molar refractivity (Wildman–Crippen MR) is 108 cm³/mol. The predicted octanol–water partition coefficient (Wildman–Crippen LogP) is 2.65. The molecule has 1 aromatic heterocycles. The number of hydrogen-bond donors (Lipinski definition) is 2. The fourth-order valence-electron chi connectivity index (χ4n) is 2.84. The van der Waals surface area contributed by atoms with Crippen LogP contribution >= 0.6 is 11.6 Å². The Morgan fingerprint density at radius 3 is 2.71 bits per heavy atom. The second kappa shape index (κ2) is 9.36. The smallest absolute Gasteiger partial charge is 0.285 e. The molecule has 0 aliphatic carbocycles. The van der Waals surface area contributed by atoms with Gasteiger partial charge in [-0.15, -0.1) is 0 Å². The minimum atomic E-state index is -0.486. The van der Waals surface area contributed by atoms with Crippen molar-refractivity contribution >= 4 is 28.9 Å². The van der Waals surface area contributed by atoms with Gasteiger partial charge in [0.15, 0.2) is 6.61 Å². The Hall–Kier alpha value is -2.87. The summed E-state index contributed by atoms with van der Waals surface area (Å²) in [4.78, 5) is 25.4. The van der Waals surface area contributed by atoms with Crippen LogP contribution in [0.2, 0.25) is 5.02 Å². The van der Waals surface area contributed by atoms with Crippen LogP contribution < -0.4 is 15.7 Å². The topological polar surface area (TPSA) is 99.7 Å². The van der Waals surface area contributed by atoms with Gasteiger partial charge in [-0.3, -0.25) is 15.0 Å². The maximum absolute atomic E-state index is 12.2. The van der Waals surface area contributed by atoms with Crippen molar-refractivity contribution in [3.63, 3.8) is 0 Å². The molecule has 8 nitrogen and oxygen atoms in total. The van der Waals surface area contributed by atoms with Gasteiger partial charge >= 0.3 is 0 Å². The van der Waals surface area contributed by atoms with E-state index in [9.17, 15) is 9.59 Å². The Bertz CT molecular complexity index is 905. The molecule has 2 N–H and O–H groups in total. The number of hydrogen-bond acceptors (Lipinski definition) is 6. The number of rotatable bonds is 6. The molecule has 1 aromatic carbocycles. The van der Waals surface area contributed by atoms with Crippen LogP contribution in [-0.4, -0.2) is 46.4 Å². The molecule has 148 valence electrons. The molecule has 1 saturated heterocycles. The first-order valence-corrected chi connectivity index (χ1v) is 9.47. The fourth-order valence-corrected chi connectivity index (χ4v) is 2.98. The lowest BCUT2D eigenvalue weighted by Crippen LogP contribution is -2.38. The first-order chi connectivity index (χ1) is 13.5. The van der Waals surface area contributed by atoms with Crippen molar-refractivity contribution < 1.29 is 9.53 Å². The number of carbonyl (C=O) groups is 1. The van der Waals surface area contributed by atoms with Gasteiger partial charge < -0.3 is 9.64 Å². The summed E-state index contributed by atoms with van der Waals surface area (Å²) >= 11 is 5.90. The van der Waals surface area contributed by atoms with Crippen molar-refractivity contribution in [3.8, 4) is 5.75 Å². The van der Waals surface area contributed by atoms with Crippen molar-refractivity contribution in [2.24, 2.45) is 5.10 Å². The number of amides is 1. The van der Waals surface area contributed by atoms with Crippen LogP contribution in [0, 0.1) is 0 Å². The number of ether oxygens (including phenoxy) is 1. The molecule has 0 atom stereocenters. The summed E-state index contributed by atoms with van der Waals surface area (Å²) in [6, 6.07) is 7.27. The van der Waals surface area contributed by atoms with E-state index in [1.165, 1.54) is 12.6 Å². The highest BCUT2D eigenvalue weighted by Gasteiger charge is 2.16. The third-order valence-electron chi connectivity index (χ3n) is 4.48. The highest BCUT2D eigenvalue weighted by Crippen LogP contribution is 2.16. The summed E-state index contributed by atoms with van der Waals surface area (Å²) in [6.07, 6.45) is 4.69. The number of anilines is 1. The fraction of sp³-hybridized carbons (Fsp3) is 0.368. The second-order valence-corrected chi connectivity index (χ2v) is 6.87. The number of aromatic amines is 1. The monoisotopic (exact) mass is 403 g/mol. The first-order valence-electron chi connectivity index (χ1n) is 9.09. The van der Waals surface area contributed by atoms with Gasteiger partial charge in [-0.05, 0) is 56.0 Å². The number of nitrogens with zero attached hydrogens (tertiary/aromatic N) is 3. The van der Waals surface area contributed by atoms with Gasteiger partial charge in [0, 0.05) is 13.1 Å². The maximum atomic E-state index is 12.2. The van der Waals surface area contributed by atoms with E-state index in [4.69, 9.17) is 16.3 Å². The summed E-state index contributed by atoms with van der Waals surface area (Å²) in [6.45, 7) is 3.49. The number of likely N-dealkylation sites (tertiary alicyclic amines) is 1. The maximum Gasteiger partial charge on any atom is 0.285 e. The van der Waals surface area contributed by atoms with Crippen LogP contribution in [-0.2, 0) is 4.79 Å². The van der Waals surface area contributed by atoms with Crippen molar-refractivity contribution in [1.82, 2.24) is 15.1 Å². The molecule has 0 spiro atoms. The van der Waals surface area contributed by atoms with E-state index < -0.39 is 5.56 Å². The van der Waals surface area contributed by atoms with Crippen molar-refractivity contribution in [3.05, 3.63) is 51.4 Å². The van der Waals surface area contributed by atoms with E-state index in [1.54, 1.807) is 12.1 Å². The normalized spacial score (nSPS) is 14.6. The Labute approximate surface area is 167 Å². The third kappa shape index (κ3) is 5.10. The van der Waals surface area contributed by atoms with Gasteiger partial charge in [0.1, 0.15) is 16.5 Å². The Kier molecular flexibility index (Phi) is 6.65. The molecule has 0 bridgehead atoms. The molecule has 1 fully saturated rings. The van der Waals surface area contributed by atoms with Gasteiger partial charge in [-0.1, -0.05) is 11.6 Å². The Balaban J connectivity index is 1.56. The molecule has 1 aliphatic rings. The first kappa shape index (κ1) is 19.9. The Morgan fingerprint density at radius 1 is 1.29 bits per heavy atom. The number of nitrogens with one attached hydrogen (secondary N) is 2. The van der Waals surface area contributed by atoms with E-state index in [1.807, 2.05) is 24.0 Å². The molecule has 1 amide bonds. The lowest BCUT2D eigenvalue weighted by Gasteiger charge is -2.26. The molecule has 9 heteroatoms. The van der Waals surface area contributed by atoms with E-state index in [-0.39, 0.29) is 17.5 Å². The molecule has 0 saturated carbocycles. The van der Waals surface area contributed by atoms with Crippen LogP contribution in [0.25, 0.3) is 0 Å². The molecule has 0 radical (unpaired) electrons. The van der Waals surface area contributed by atoms with Gasteiger partial charge in [0.2, 0.25) is 0 Å². The average Bonchev–Trinajstić information content (AvgIpc) is 2.74. The SMILES string of the molecule is C/C(=N/Nc1cn[nH]c(=O)c1Cl)c1ccc(OCC(=O)N2CCCCC2)cc1. The average molecular weight is 404 g/mol. The zero-order chi connectivity index (χ0) is 19.9. The van der Waals surface area contributed by atoms with Crippen LogP contribution in [0.1, 0.15) is 31.7 Å². The molecule has 3 rings (SSSR count). The standard InChI is InChI=1S/C19H22ClN5O3/c1-13(22-23-16-11-21-24-19(27)18(16)20)14-5-7-15(8-6-14)28-12-17(26)25-9-3-2-4-10-25/h5-8,11H,2-4,9-10,12H2,1H3,(H2,23,24,27)/b22-13-. The van der Waals surface area contributed by atoms with Gasteiger partial charge in [-0.2, -0.15) is 10.2 Å². The number of carbonyl (C=O) groups excluding carboxylic acids is 1. The number of benzene rings is 1. The molecule has 0 unspecified atom stereocenters. The molecule has 28 heavy (non-hydrogen) atoms. The summed E-state index contributed by atoms with van der Waals surface area (Å²) < 4.78 is 5.60. The second-order valence-electron chi connectivity index (χ2n) is 6.49. The molecular weight excluding hydrogens is 382 g/mol. The number of halogens is 1. The van der Waals surface area contributed by atoms with Crippen molar-refractivity contribution in [2.75, 3.05) is 25.1 Å². The molecule has 1 aliphatic heterocycles. The summed E-state index contributed by atoms with van der Waals surface area (Å²) in [5.74, 6) is 0.644. The van der Waals surface area contributed by atoms with Gasteiger partial charge in [-0.25, -0.2) is 5.10 Å². The lowest BCUT2D eigenvalue weighted by atomic mass is 10.1. The van der Waals surface area contributed by atoms with Crippen LogP contribution in [0.15, 0.2) is 40.4 Å². The lowest BCUT2D eigenvalue weighted by molar-refractivity contribution is -0.134.